The van der Waals surface area contributed by atoms with Gasteiger partial charge in [0, 0.05) is 0 Å². The molecule has 1 aromatic rings. The van der Waals surface area contributed by atoms with Gasteiger partial charge >= 0.3 is 0 Å². The number of aryl methyl sites for hydroxylation is 1. The molecule has 0 N–H and O–H groups in total. The van der Waals surface area contributed by atoms with Crippen molar-refractivity contribution in [2.45, 2.75) is 51.9 Å². The molecule has 0 unspecified atom stereocenters. The van der Waals surface area contributed by atoms with Crippen molar-refractivity contribution in [2.75, 3.05) is 0 Å². The molecule has 0 aliphatic rings. The van der Waals surface area contributed by atoms with Crippen molar-refractivity contribution in [1.29, 1.82) is 0 Å². The van der Waals surface area contributed by atoms with Gasteiger partial charge < -0.3 is 0 Å². The largest absolute Gasteiger partial charge is 0.0654 e. The van der Waals surface area contributed by atoms with E-state index in [4.69, 9.17) is 0 Å². The van der Waals surface area contributed by atoms with E-state index in [1.54, 1.807) is 0 Å². The maximum absolute atomic E-state index is 3.05. The minimum absolute atomic E-state index is 1.24. The molecule has 0 aliphatic carbocycles. The van der Waals surface area contributed by atoms with Crippen molar-refractivity contribution in [3.63, 3.8) is 0 Å². The average molecular weight is 189 g/mol. The highest BCUT2D eigenvalue weighted by atomic mass is 14.0. The lowest BCUT2D eigenvalue weighted by Crippen LogP contribution is -1.85. The van der Waals surface area contributed by atoms with Crippen molar-refractivity contribution < 1.29 is 0 Å². The van der Waals surface area contributed by atoms with E-state index in [0.29, 0.717) is 0 Å². The van der Waals surface area contributed by atoms with Gasteiger partial charge in [-0.3, -0.25) is 0 Å². The van der Waals surface area contributed by atoms with Crippen LogP contribution in [0.4, 0.5) is 0 Å². The second kappa shape index (κ2) is 7.61. The molecule has 0 aromatic heterocycles. The molecule has 0 atom stereocenters. The van der Waals surface area contributed by atoms with E-state index in [9.17, 15) is 0 Å². The third-order valence-electron chi connectivity index (χ3n) is 2.61. The van der Waals surface area contributed by atoms with Crippen molar-refractivity contribution in [2.24, 2.45) is 0 Å². The predicted molar refractivity (Wildman–Crippen MR) is 62.4 cm³/mol. The van der Waals surface area contributed by atoms with Gasteiger partial charge in [-0.1, -0.05) is 63.3 Å². The standard InChI is InChI=1S/C14H21/c1-2-3-4-5-6-8-11-14-12-9-7-10-13-14/h9-10,12-13H,2-6,8,11H2,1H3. The first-order valence-corrected chi connectivity index (χ1v) is 5.88. The maximum Gasteiger partial charge on any atom is -0.0184 e. The van der Waals surface area contributed by atoms with Crippen LogP contribution in [0.15, 0.2) is 24.3 Å². The third-order valence-corrected chi connectivity index (χ3v) is 2.61. The smallest absolute Gasteiger partial charge is 0.0184 e. The van der Waals surface area contributed by atoms with Crippen LogP contribution in [0.3, 0.4) is 0 Å². The van der Waals surface area contributed by atoms with Crippen molar-refractivity contribution in [3.8, 4) is 0 Å². The summed E-state index contributed by atoms with van der Waals surface area (Å²) in [7, 11) is 0. The van der Waals surface area contributed by atoms with Gasteiger partial charge in [0.1, 0.15) is 0 Å². The summed E-state index contributed by atoms with van der Waals surface area (Å²) in [5.41, 5.74) is 1.46. The van der Waals surface area contributed by atoms with E-state index >= 15 is 0 Å². The zero-order chi connectivity index (χ0) is 10.1. The van der Waals surface area contributed by atoms with Gasteiger partial charge in [0.05, 0.1) is 0 Å². The summed E-state index contributed by atoms with van der Waals surface area (Å²) in [6.45, 7) is 2.26. The number of benzene rings is 1. The molecule has 0 aliphatic heterocycles. The number of hydrogen-bond donors (Lipinski definition) is 0. The summed E-state index contributed by atoms with van der Waals surface area (Å²) in [5.74, 6) is 0. The van der Waals surface area contributed by atoms with Gasteiger partial charge in [-0.25, -0.2) is 0 Å². The van der Waals surface area contributed by atoms with Gasteiger partial charge in [-0.05, 0) is 24.5 Å². The SMILES string of the molecule is CCCCCCCCc1cc[c]cc1. The van der Waals surface area contributed by atoms with E-state index in [1.807, 2.05) is 12.1 Å². The van der Waals surface area contributed by atoms with Gasteiger partial charge in [0.25, 0.3) is 0 Å². The predicted octanol–water partition coefficient (Wildman–Crippen LogP) is 4.39. The molecule has 77 valence electrons. The first-order valence-electron chi connectivity index (χ1n) is 5.88. The molecule has 0 saturated heterocycles. The molecule has 1 radical (unpaired) electrons. The lowest BCUT2D eigenvalue weighted by atomic mass is 10.1. The van der Waals surface area contributed by atoms with Crippen LogP contribution in [0.2, 0.25) is 0 Å². The van der Waals surface area contributed by atoms with E-state index in [1.165, 1.54) is 50.5 Å². The summed E-state index contributed by atoms with van der Waals surface area (Å²) in [5, 5.41) is 0. The van der Waals surface area contributed by atoms with Crippen molar-refractivity contribution in [1.82, 2.24) is 0 Å². The fourth-order valence-corrected chi connectivity index (χ4v) is 1.70. The molecule has 0 bridgehead atoms. The Morgan fingerprint density at radius 3 is 2.29 bits per heavy atom. The molecule has 0 spiro atoms. The van der Waals surface area contributed by atoms with Crippen LogP contribution in [0.5, 0.6) is 0 Å². The average Bonchev–Trinajstić information content (AvgIpc) is 2.25. The molecule has 0 fully saturated rings. The van der Waals surface area contributed by atoms with E-state index in [-0.39, 0.29) is 0 Å². The van der Waals surface area contributed by atoms with Gasteiger partial charge in [0.2, 0.25) is 0 Å². The summed E-state index contributed by atoms with van der Waals surface area (Å²) in [4.78, 5) is 0. The number of rotatable bonds is 7. The highest BCUT2D eigenvalue weighted by molar-refractivity contribution is 5.13. The van der Waals surface area contributed by atoms with Crippen LogP contribution in [-0.2, 0) is 6.42 Å². The molecule has 1 aromatic carbocycles. The Bertz CT molecular complexity index is 213. The monoisotopic (exact) mass is 189 g/mol. The lowest BCUT2D eigenvalue weighted by Gasteiger charge is -2.01. The molecule has 0 heterocycles. The Morgan fingerprint density at radius 1 is 0.929 bits per heavy atom. The summed E-state index contributed by atoms with van der Waals surface area (Å²) in [6, 6.07) is 11.4. The maximum atomic E-state index is 3.05. The number of hydrogen-bond acceptors (Lipinski definition) is 0. The van der Waals surface area contributed by atoms with Crippen LogP contribution in [-0.4, -0.2) is 0 Å². The van der Waals surface area contributed by atoms with Gasteiger partial charge in [-0.2, -0.15) is 0 Å². The van der Waals surface area contributed by atoms with Crippen LogP contribution in [0, 0.1) is 6.07 Å². The normalized spacial score (nSPS) is 10.4. The molecular weight excluding hydrogens is 168 g/mol. The van der Waals surface area contributed by atoms with Crippen LogP contribution >= 0.6 is 0 Å². The van der Waals surface area contributed by atoms with Gasteiger partial charge in [-0.15, -0.1) is 0 Å². The molecule has 0 heteroatoms. The fraction of sp³-hybridized carbons (Fsp3) is 0.571. The van der Waals surface area contributed by atoms with Gasteiger partial charge in [0.15, 0.2) is 0 Å². The Kier molecular flexibility index (Phi) is 6.14. The Balaban J connectivity index is 1.99. The second-order valence-corrected chi connectivity index (χ2v) is 3.93. The Labute approximate surface area is 88.4 Å². The first kappa shape index (κ1) is 11.3. The second-order valence-electron chi connectivity index (χ2n) is 3.93. The third kappa shape index (κ3) is 5.06. The molecule has 0 saturated carbocycles. The van der Waals surface area contributed by atoms with E-state index in [0.717, 1.165) is 0 Å². The molecule has 0 nitrogen and oxygen atoms in total. The van der Waals surface area contributed by atoms with Crippen LogP contribution in [0.1, 0.15) is 51.0 Å². The minimum Gasteiger partial charge on any atom is -0.0654 e. The van der Waals surface area contributed by atoms with Crippen molar-refractivity contribution >= 4 is 0 Å². The van der Waals surface area contributed by atoms with Crippen molar-refractivity contribution in [3.05, 3.63) is 35.9 Å². The topological polar surface area (TPSA) is 0 Å². The van der Waals surface area contributed by atoms with Crippen LogP contribution < -0.4 is 0 Å². The Morgan fingerprint density at radius 2 is 1.57 bits per heavy atom. The molecular formula is C14H21. The highest BCUT2D eigenvalue weighted by Gasteiger charge is 1.92. The zero-order valence-corrected chi connectivity index (χ0v) is 9.26. The van der Waals surface area contributed by atoms with E-state index in [2.05, 4.69) is 25.1 Å². The zero-order valence-electron chi connectivity index (χ0n) is 9.26. The minimum atomic E-state index is 1.24. The quantitative estimate of drug-likeness (QED) is 0.558. The number of unbranched alkanes of at least 4 members (excludes halogenated alkanes) is 5. The highest BCUT2D eigenvalue weighted by Crippen LogP contribution is 2.09. The summed E-state index contributed by atoms with van der Waals surface area (Å²) >= 11 is 0. The first-order chi connectivity index (χ1) is 6.93. The van der Waals surface area contributed by atoms with E-state index < -0.39 is 0 Å². The molecule has 14 heavy (non-hydrogen) atoms. The lowest BCUT2D eigenvalue weighted by molar-refractivity contribution is 0.607. The molecule has 1 rings (SSSR count). The Hall–Kier alpha value is -0.780. The summed E-state index contributed by atoms with van der Waals surface area (Å²) < 4.78 is 0. The molecule has 0 amide bonds. The van der Waals surface area contributed by atoms with Crippen LogP contribution in [0.25, 0.3) is 0 Å². The summed E-state index contributed by atoms with van der Waals surface area (Å²) in [6.07, 6.45) is 9.54. The fourth-order valence-electron chi connectivity index (χ4n) is 1.70.